The predicted octanol–water partition coefficient (Wildman–Crippen LogP) is 1.62. The van der Waals surface area contributed by atoms with Gasteiger partial charge in [-0.1, -0.05) is 11.6 Å². The van der Waals surface area contributed by atoms with Crippen molar-refractivity contribution in [1.82, 2.24) is 14.7 Å². The van der Waals surface area contributed by atoms with E-state index in [9.17, 15) is 9.59 Å². The Bertz CT molecular complexity index is 774. The molecule has 7 nitrogen and oxygen atoms in total. The van der Waals surface area contributed by atoms with Crippen LogP contribution < -0.4 is 11.1 Å². The summed E-state index contributed by atoms with van der Waals surface area (Å²) in [5.74, 6) is 0.138. The van der Waals surface area contributed by atoms with Crippen molar-refractivity contribution in [2.24, 2.45) is 5.73 Å². The van der Waals surface area contributed by atoms with Crippen LogP contribution in [-0.2, 0) is 4.79 Å². The molecule has 3 aliphatic rings. The van der Waals surface area contributed by atoms with Gasteiger partial charge in [-0.2, -0.15) is 0 Å². The Morgan fingerprint density at radius 1 is 1.07 bits per heavy atom. The number of piperidine rings is 1. The molecule has 1 aromatic carbocycles. The highest BCUT2D eigenvalue weighted by Crippen LogP contribution is 2.27. The van der Waals surface area contributed by atoms with Gasteiger partial charge in [0.25, 0.3) is 5.91 Å². The monoisotopic (exact) mass is 419 g/mol. The minimum absolute atomic E-state index is 0.0405. The third-order valence-corrected chi connectivity index (χ3v) is 6.73. The molecule has 0 radical (unpaired) electrons. The second-order valence-electron chi connectivity index (χ2n) is 8.53. The zero-order valence-corrected chi connectivity index (χ0v) is 17.7. The second kappa shape index (κ2) is 8.50. The number of carbonyl (C=O) groups is 2. The molecule has 158 valence electrons. The van der Waals surface area contributed by atoms with Crippen LogP contribution in [-0.4, -0.2) is 83.9 Å². The molecule has 8 heteroatoms. The lowest BCUT2D eigenvalue weighted by Crippen LogP contribution is -2.60. The molecule has 0 bridgehead atoms. The Kier molecular flexibility index (Phi) is 5.99. The molecule has 1 unspecified atom stereocenters. The number of nitrogens with two attached hydrogens (primary N) is 1. The van der Waals surface area contributed by atoms with Gasteiger partial charge in [-0.05, 0) is 37.5 Å². The van der Waals surface area contributed by atoms with Crippen LogP contribution in [0.25, 0.3) is 0 Å². The van der Waals surface area contributed by atoms with E-state index in [0.29, 0.717) is 35.8 Å². The number of rotatable bonds is 4. The summed E-state index contributed by atoms with van der Waals surface area (Å²) in [6.45, 7) is 6.65. The maximum atomic E-state index is 12.6. The number of nitrogens with one attached hydrogen (secondary N) is 1. The van der Waals surface area contributed by atoms with Gasteiger partial charge < -0.3 is 20.9 Å². The molecule has 3 N–H and O–H groups in total. The van der Waals surface area contributed by atoms with Crippen LogP contribution >= 0.6 is 11.6 Å². The van der Waals surface area contributed by atoms with Crippen LogP contribution in [0.3, 0.4) is 0 Å². The van der Waals surface area contributed by atoms with Crippen molar-refractivity contribution in [2.45, 2.75) is 44.3 Å². The number of hydrogen-bond acceptors (Lipinski definition) is 5. The van der Waals surface area contributed by atoms with E-state index in [1.54, 1.807) is 11.8 Å². The van der Waals surface area contributed by atoms with Crippen LogP contribution in [0.4, 0.5) is 5.69 Å². The number of amides is 2. The van der Waals surface area contributed by atoms with Crippen LogP contribution in [0.1, 0.15) is 36.5 Å². The van der Waals surface area contributed by atoms with E-state index in [4.69, 9.17) is 17.3 Å². The Labute approximate surface area is 177 Å². The third-order valence-electron chi connectivity index (χ3n) is 6.42. The van der Waals surface area contributed by atoms with Crippen molar-refractivity contribution >= 4 is 29.1 Å². The van der Waals surface area contributed by atoms with Crippen molar-refractivity contribution in [3.63, 3.8) is 0 Å². The molecule has 29 heavy (non-hydrogen) atoms. The molecule has 0 saturated carbocycles. The Morgan fingerprint density at radius 2 is 1.76 bits per heavy atom. The average Bonchev–Trinajstić information content (AvgIpc) is 3.10. The first-order valence-corrected chi connectivity index (χ1v) is 10.9. The summed E-state index contributed by atoms with van der Waals surface area (Å²) >= 11 is 6.41. The molecule has 3 aliphatic heterocycles. The molecule has 0 spiro atoms. The lowest BCUT2D eigenvalue weighted by Gasteiger charge is -2.47. The van der Waals surface area contributed by atoms with Crippen molar-refractivity contribution in [3.8, 4) is 0 Å². The third kappa shape index (κ3) is 4.52. The maximum Gasteiger partial charge on any atom is 0.255 e. The van der Waals surface area contributed by atoms with E-state index < -0.39 is 0 Å². The van der Waals surface area contributed by atoms with Gasteiger partial charge in [-0.3, -0.25) is 14.5 Å². The lowest BCUT2D eigenvalue weighted by atomic mass is 9.97. The molecule has 3 saturated heterocycles. The number of halogens is 1. The molecular weight excluding hydrogens is 390 g/mol. The predicted molar refractivity (Wildman–Crippen MR) is 114 cm³/mol. The maximum absolute atomic E-state index is 12.6. The SMILES string of the molecule is CC(=O)N1CCC(N2CC(Nc3ccc(C(=O)N4CCC(N)C4)c(Cl)c3)C2)CC1. The van der Waals surface area contributed by atoms with E-state index >= 15 is 0 Å². The van der Waals surface area contributed by atoms with E-state index in [1.165, 1.54) is 0 Å². The fraction of sp³-hybridized carbons (Fsp3) is 0.619. The summed E-state index contributed by atoms with van der Waals surface area (Å²) in [6, 6.07) is 6.61. The number of hydrogen-bond donors (Lipinski definition) is 2. The Morgan fingerprint density at radius 3 is 2.34 bits per heavy atom. The summed E-state index contributed by atoms with van der Waals surface area (Å²) in [6.07, 6.45) is 2.94. The molecule has 0 aromatic heterocycles. The van der Waals surface area contributed by atoms with Gasteiger partial charge >= 0.3 is 0 Å². The van der Waals surface area contributed by atoms with Crippen LogP contribution in [0, 0.1) is 0 Å². The zero-order chi connectivity index (χ0) is 20.5. The first kappa shape index (κ1) is 20.4. The smallest absolute Gasteiger partial charge is 0.255 e. The first-order chi connectivity index (χ1) is 13.9. The van der Waals surface area contributed by atoms with Crippen molar-refractivity contribution in [2.75, 3.05) is 44.6 Å². The van der Waals surface area contributed by atoms with E-state index in [0.717, 1.165) is 51.1 Å². The number of anilines is 1. The highest BCUT2D eigenvalue weighted by atomic mass is 35.5. The quantitative estimate of drug-likeness (QED) is 0.775. The largest absolute Gasteiger partial charge is 0.380 e. The van der Waals surface area contributed by atoms with Gasteiger partial charge in [0.15, 0.2) is 0 Å². The van der Waals surface area contributed by atoms with E-state index in [2.05, 4.69) is 10.2 Å². The normalized spacial score (nSPS) is 23.9. The van der Waals surface area contributed by atoms with Gasteiger partial charge in [0.2, 0.25) is 5.91 Å². The summed E-state index contributed by atoms with van der Waals surface area (Å²) < 4.78 is 0. The van der Waals surface area contributed by atoms with Gasteiger partial charge in [0.05, 0.1) is 16.6 Å². The minimum Gasteiger partial charge on any atom is -0.380 e. The molecule has 4 rings (SSSR count). The summed E-state index contributed by atoms with van der Waals surface area (Å²) in [5.41, 5.74) is 7.39. The fourth-order valence-electron chi connectivity index (χ4n) is 4.60. The van der Waals surface area contributed by atoms with Gasteiger partial charge in [-0.25, -0.2) is 0 Å². The number of carbonyl (C=O) groups excluding carboxylic acids is 2. The van der Waals surface area contributed by atoms with Crippen LogP contribution in [0.5, 0.6) is 0 Å². The summed E-state index contributed by atoms with van der Waals surface area (Å²) in [5, 5.41) is 4.00. The Balaban J connectivity index is 1.26. The lowest BCUT2D eigenvalue weighted by molar-refractivity contribution is -0.130. The van der Waals surface area contributed by atoms with E-state index in [-0.39, 0.29) is 17.9 Å². The minimum atomic E-state index is -0.0405. The van der Waals surface area contributed by atoms with Crippen LogP contribution in [0.2, 0.25) is 5.02 Å². The standard InChI is InChI=1S/C21H30ClN5O2/c1-14(28)25-8-5-18(6-9-25)27-12-17(13-27)24-16-2-3-19(20(22)10-16)21(29)26-7-4-15(23)11-26/h2-3,10,15,17-18,24H,4-9,11-13,23H2,1H3. The van der Waals surface area contributed by atoms with Crippen molar-refractivity contribution < 1.29 is 9.59 Å². The molecular formula is C21H30ClN5O2. The number of benzene rings is 1. The zero-order valence-electron chi connectivity index (χ0n) is 16.9. The van der Waals surface area contributed by atoms with Gasteiger partial charge in [-0.15, -0.1) is 0 Å². The Hall–Kier alpha value is -1.83. The van der Waals surface area contributed by atoms with E-state index in [1.807, 2.05) is 23.1 Å². The molecule has 1 aromatic rings. The summed E-state index contributed by atoms with van der Waals surface area (Å²) in [4.78, 5) is 30.3. The highest BCUT2D eigenvalue weighted by Gasteiger charge is 2.34. The van der Waals surface area contributed by atoms with Crippen LogP contribution in [0.15, 0.2) is 18.2 Å². The van der Waals surface area contributed by atoms with Crippen molar-refractivity contribution in [1.29, 1.82) is 0 Å². The highest BCUT2D eigenvalue weighted by molar-refractivity contribution is 6.34. The number of likely N-dealkylation sites (tertiary alicyclic amines) is 3. The molecule has 3 heterocycles. The van der Waals surface area contributed by atoms with Crippen molar-refractivity contribution in [3.05, 3.63) is 28.8 Å². The fourth-order valence-corrected chi connectivity index (χ4v) is 4.87. The topological polar surface area (TPSA) is 81.9 Å². The second-order valence-corrected chi connectivity index (χ2v) is 8.93. The molecule has 2 amide bonds. The number of nitrogens with zero attached hydrogens (tertiary/aromatic N) is 3. The molecule has 1 atom stereocenters. The van der Waals surface area contributed by atoms with Gasteiger partial charge in [0, 0.05) is 64.0 Å². The summed E-state index contributed by atoms with van der Waals surface area (Å²) in [7, 11) is 0. The first-order valence-electron chi connectivity index (χ1n) is 10.5. The molecule has 3 fully saturated rings. The average molecular weight is 420 g/mol. The molecule has 0 aliphatic carbocycles. The van der Waals surface area contributed by atoms with Gasteiger partial charge in [0.1, 0.15) is 0 Å².